The van der Waals surface area contributed by atoms with Crippen LogP contribution in [0.2, 0.25) is 0 Å². The van der Waals surface area contributed by atoms with E-state index in [4.69, 9.17) is 0 Å². The van der Waals surface area contributed by atoms with Crippen LogP contribution in [0.4, 0.5) is 18.9 Å². The number of aryl methyl sites for hydroxylation is 2. The summed E-state index contributed by atoms with van der Waals surface area (Å²) in [4.78, 5) is 11.8. The zero-order chi connectivity index (χ0) is 18.3. The number of halogens is 3. The second-order valence-corrected chi connectivity index (χ2v) is 5.82. The Kier molecular flexibility index (Phi) is 6.44. The first kappa shape index (κ1) is 18.8. The maximum Gasteiger partial charge on any atom is 0.416 e. The predicted octanol–water partition coefficient (Wildman–Crippen LogP) is 4.17. The van der Waals surface area contributed by atoms with Crippen molar-refractivity contribution in [1.29, 1.82) is 0 Å². The molecule has 2 N–H and O–H groups in total. The monoisotopic (exact) mass is 350 g/mol. The van der Waals surface area contributed by atoms with E-state index in [2.05, 4.69) is 10.6 Å². The first-order valence-electron chi connectivity index (χ1n) is 8.08. The van der Waals surface area contributed by atoms with Crippen LogP contribution in [-0.2, 0) is 17.4 Å². The third kappa shape index (κ3) is 6.14. The predicted molar refractivity (Wildman–Crippen MR) is 92.4 cm³/mol. The van der Waals surface area contributed by atoms with Crippen LogP contribution in [0.15, 0.2) is 48.5 Å². The van der Waals surface area contributed by atoms with Gasteiger partial charge in [0.1, 0.15) is 0 Å². The molecule has 134 valence electrons. The first-order valence-corrected chi connectivity index (χ1v) is 8.08. The van der Waals surface area contributed by atoms with E-state index in [1.165, 1.54) is 24.6 Å². The number of hydrogen-bond donors (Lipinski definition) is 2. The lowest BCUT2D eigenvalue weighted by Gasteiger charge is -2.13. The average Bonchev–Trinajstić information content (AvgIpc) is 2.58. The van der Waals surface area contributed by atoms with Crippen molar-refractivity contribution in [3.63, 3.8) is 0 Å². The summed E-state index contributed by atoms with van der Waals surface area (Å²) >= 11 is 0. The van der Waals surface area contributed by atoms with E-state index in [1.807, 2.05) is 30.3 Å². The van der Waals surface area contributed by atoms with Gasteiger partial charge in [-0.05, 0) is 43.0 Å². The molecule has 6 heteroatoms. The van der Waals surface area contributed by atoms with Crippen LogP contribution in [0.25, 0.3) is 0 Å². The Labute approximate surface area is 145 Å². The molecule has 0 bridgehead atoms. The van der Waals surface area contributed by atoms with E-state index in [-0.39, 0.29) is 23.7 Å². The van der Waals surface area contributed by atoms with Gasteiger partial charge in [0.2, 0.25) is 5.91 Å². The summed E-state index contributed by atoms with van der Waals surface area (Å²) < 4.78 is 38.6. The Morgan fingerprint density at radius 1 is 1.08 bits per heavy atom. The minimum atomic E-state index is -4.40. The minimum absolute atomic E-state index is 0.0638. The second kappa shape index (κ2) is 8.55. The Morgan fingerprint density at radius 3 is 2.48 bits per heavy atom. The molecule has 0 heterocycles. The molecule has 0 spiro atoms. The third-order valence-corrected chi connectivity index (χ3v) is 3.80. The molecule has 1 amide bonds. The smallest absolute Gasteiger partial charge is 0.376 e. The summed E-state index contributed by atoms with van der Waals surface area (Å²) in [6, 6.07) is 13.9. The van der Waals surface area contributed by atoms with Crippen molar-refractivity contribution in [3.8, 4) is 0 Å². The highest BCUT2D eigenvalue weighted by Crippen LogP contribution is 2.33. The fourth-order valence-electron chi connectivity index (χ4n) is 2.45. The summed E-state index contributed by atoms with van der Waals surface area (Å²) in [5.41, 5.74) is 0.941. The molecule has 2 rings (SSSR count). The van der Waals surface area contributed by atoms with Crippen LogP contribution in [0, 0.1) is 6.92 Å². The fourth-order valence-corrected chi connectivity index (χ4v) is 2.45. The van der Waals surface area contributed by atoms with Gasteiger partial charge < -0.3 is 10.6 Å². The first-order chi connectivity index (χ1) is 11.9. The van der Waals surface area contributed by atoms with Crippen LogP contribution in [0.3, 0.4) is 0 Å². The van der Waals surface area contributed by atoms with E-state index in [9.17, 15) is 18.0 Å². The Bertz CT molecular complexity index is 700. The molecule has 0 aliphatic carbocycles. The highest BCUT2D eigenvalue weighted by molar-refractivity contribution is 5.80. The Hall–Kier alpha value is -2.50. The number of carbonyl (C=O) groups is 1. The lowest BCUT2D eigenvalue weighted by Crippen LogP contribution is -2.30. The highest BCUT2D eigenvalue weighted by Gasteiger charge is 2.32. The second-order valence-electron chi connectivity index (χ2n) is 5.82. The van der Waals surface area contributed by atoms with Crippen LogP contribution in [-0.4, -0.2) is 19.0 Å². The minimum Gasteiger partial charge on any atom is -0.376 e. The van der Waals surface area contributed by atoms with E-state index in [0.717, 1.165) is 18.9 Å². The van der Waals surface area contributed by atoms with Crippen molar-refractivity contribution >= 4 is 11.6 Å². The highest BCUT2D eigenvalue weighted by atomic mass is 19.4. The van der Waals surface area contributed by atoms with Crippen LogP contribution >= 0.6 is 0 Å². The van der Waals surface area contributed by atoms with Crippen molar-refractivity contribution in [2.45, 2.75) is 25.9 Å². The van der Waals surface area contributed by atoms with Gasteiger partial charge in [-0.2, -0.15) is 13.2 Å². The topological polar surface area (TPSA) is 41.1 Å². The largest absolute Gasteiger partial charge is 0.416 e. The Morgan fingerprint density at radius 2 is 1.80 bits per heavy atom. The zero-order valence-electron chi connectivity index (χ0n) is 14.0. The molecule has 0 radical (unpaired) electrons. The molecule has 0 unspecified atom stereocenters. The lowest BCUT2D eigenvalue weighted by molar-refractivity contribution is -0.138. The van der Waals surface area contributed by atoms with Crippen molar-refractivity contribution in [2.24, 2.45) is 0 Å². The maximum absolute atomic E-state index is 12.9. The molecule has 3 nitrogen and oxygen atoms in total. The van der Waals surface area contributed by atoms with Gasteiger partial charge >= 0.3 is 6.18 Å². The van der Waals surface area contributed by atoms with Gasteiger partial charge in [0.15, 0.2) is 0 Å². The molecule has 25 heavy (non-hydrogen) atoms. The summed E-state index contributed by atoms with van der Waals surface area (Å²) in [5, 5.41) is 5.49. The summed E-state index contributed by atoms with van der Waals surface area (Å²) in [5.74, 6) is -0.248. The SMILES string of the molecule is Cc1ccc(NCC(=O)NCCCc2ccccc2)cc1C(F)(F)F. The molecular formula is C19H21F3N2O. The number of hydrogen-bond acceptors (Lipinski definition) is 2. The van der Waals surface area contributed by atoms with Crippen molar-refractivity contribution in [2.75, 3.05) is 18.4 Å². The van der Waals surface area contributed by atoms with Gasteiger partial charge in [-0.1, -0.05) is 36.4 Å². The van der Waals surface area contributed by atoms with Crippen molar-refractivity contribution in [3.05, 3.63) is 65.2 Å². The standard InChI is InChI=1S/C19H21F3N2O/c1-14-9-10-16(12-17(14)19(20,21)22)24-13-18(25)23-11-5-8-15-6-3-2-4-7-15/h2-4,6-7,9-10,12,24H,5,8,11,13H2,1H3,(H,23,25). The quantitative estimate of drug-likeness (QED) is 0.736. The maximum atomic E-state index is 12.9. The van der Waals surface area contributed by atoms with Gasteiger partial charge in [0, 0.05) is 12.2 Å². The van der Waals surface area contributed by atoms with Gasteiger partial charge in [0.25, 0.3) is 0 Å². The number of benzene rings is 2. The normalized spacial score (nSPS) is 11.2. The number of alkyl halides is 3. The van der Waals surface area contributed by atoms with Gasteiger partial charge in [-0.3, -0.25) is 4.79 Å². The molecule has 0 fully saturated rings. The van der Waals surface area contributed by atoms with Gasteiger partial charge in [-0.25, -0.2) is 0 Å². The number of nitrogens with one attached hydrogen (secondary N) is 2. The van der Waals surface area contributed by atoms with Crippen LogP contribution in [0.1, 0.15) is 23.1 Å². The number of amides is 1. The van der Waals surface area contributed by atoms with E-state index < -0.39 is 11.7 Å². The number of carbonyl (C=O) groups excluding carboxylic acids is 1. The number of anilines is 1. The average molecular weight is 350 g/mol. The lowest BCUT2D eigenvalue weighted by atomic mass is 10.1. The van der Waals surface area contributed by atoms with Gasteiger partial charge in [0.05, 0.1) is 12.1 Å². The molecule has 0 aliphatic heterocycles. The molecule has 0 saturated carbocycles. The van der Waals surface area contributed by atoms with E-state index >= 15 is 0 Å². The Balaban J connectivity index is 1.75. The fraction of sp³-hybridized carbons (Fsp3) is 0.316. The van der Waals surface area contributed by atoms with Gasteiger partial charge in [-0.15, -0.1) is 0 Å². The summed E-state index contributed by atoms with van der Waals surface area (Å²) in [7, 11) is 0. The van der Waals surface area contributed by atoms with Crippen molar-refractivity contribution < 1.29 is 18.0 Å². The number of rotatable bonds is 7. The van der Waals surface area contributed by atoms with Crippen molar-refractivity contribution in [1.82, 2.24) is 5.32 Å². The zero-order valence-corrected chi connectivity index (χ0v) is 14.0. The summed E-state index contributed by atoms with van der Waals surface area (Å²) in [6.07, 6.45) is -2.73. The molecule has 0 atom stereocenters. The third-order valence-electron chi connectivity index (χ3n) is 3.80. The summed E-state index contributed by atoms with van der Waals surface area (Å²) in [6.45, 7) is 1.87. The molecule has 2 aromatic rings. The van der Waals surface area contributed by atoms with Crippen LogP contribution in [0.5, 0.6) is 0 Å². The van der Waals surface area contributed by atoms with Crippen LogP contribution < -0.4 is 10.6 Å². The van der Waals surface area contributed by atoms with E-state index in [0.29, 0.717) is 6.54 Å². The molecular weight excluding hydrogens is 329 g/mol. The van der Waals surface area contributed by atoms with E-state index in [1.54, 1.807) is 0 Å². The molecule has 2 aromatic carbocycles. The molecule has 0 aliphatic rings. The molecule has 0 aromatic heterocycles. The molecule has 0 saturated heterocycles.